The smallest absolute Gasteiger partial charge is 0.132 e. The molecular formula is C20H14Br2F2O2. The summed E-state index contributed by atoms with van der Waals surface area (Å²) in [5, 5.41) is 0. The molecule has 0 aromatic heterocycles. The molecule has 0 unspecified atom stereocenters. The Morgan fingerprint density at radius 1 is 0.654 bits per heavy atom. The largest absolute Gasteiger partial charge is 0.496 e. The van der Waals surface area contributed by atoms with Crippen molar-refractivity contribution in [1.29, 1.82) is 0 Å². The predicted molar refractivity (Wildman–Crippen MR) is 106 cm³/mol. The van der Waals surface area contributed by atoms with E-state index in [1.54, 1.807) is 36.4 Å². The van der Waals surface area contributed by atoms with Crippen molar-refractivity contribution in [2.75, 3.05) is 14.2 Å². The number of rotatable bonds is 4. The van der Waals surface area contributed by atoms with Gasteiger partial charge >= 0.3 is 0 Å². The zero-order valence-electron chi connectivity index (χ0n) is 13.9. The minimum absolute atomic E-state index is 0.111. The monoisotopic (exact) mass is 482 g/mol. The predicted octanol–water partition coefficient (Wildman–Crippen LogP) is 6.84. The van der Waals surface area contributed by atoms with Crippen molar-refractivity contribution in [2.24, 2.45) is 0 Å². The van der Waals surface area contributed by atoms with Gasteiger partial charge in [-0.05, 0) is 48.5 Å². The van der Waals surface area contributed by atoms with Gasteiger partial charge in [-0.15, -0.1) is 0 Å². The fraction of sp³-hybridized carbons (Fsp3) is 0.100. The van der Waals surface area contributed by atoms with Gasteiger partial charge in [0.15, 0.2) is 0 Å². The van der Waals surface area contributed by atoms with E-state index in [2.05, 4.69) is 31.9 Å². The van der Waals surface area contributed by atoms with Crippen LogP contribution in [0.4, 0.5) is 8.78 Å². The highest BCUT2D eigenvalue weighted by Crippen LogP contribution is 2.44. The van der Waals surface area contributed by atoms with Crippen molar-refractivity contribution in [3.05, 3.63) is 69.1 Å². The zero-order valence-corrected chi connectivity index (χ0v) is 17.1. The summed E-state index contributed by atoms with van der Waals surface area (Å²) in [4.78, 5) is 0. The van der Waals surface area contributed by atoms with Gasteiger partial charge in [0, 0.05) is 31.2 Å². The van der Waals surface area contributed by atoms with E-state index in [9.17, 15) is 8.78 Å². The maximum atomic E-state index is 14.9. The summed E-state index contributed by atoms with van der Waals surface area (Å²) < 4.78 is 42.0. The number of methoxy groups -OCH3 is 2. The van der Waals surface area contributed by atoms with Gasteiger partial charge in [-0.2, -0.15) is 0 Å². The summed E-state index contributed by atoms with van der Waals surface area (Å²) in [5.41, 5.74) is 1.10. The molecule has 0 bridgehead atoms. The summed E-state index contributed by atoms with van der Waals surface area (Å²) >= 11 is 6.76. The lowest BCUT2D eigenvalue weighted by atomic mass is 9.92. The van der Waals surface area contributed by atoms with Crippen molar-refractivity contribution in [3.63, 3.8) is 0 Å². The second-order valence-corrected chi connectivity index (χ2v) is 7.30. The molecule has 3 aromatic rings. The second kappa shape index (κ2) is 7.76. The first-order valence-electron chi connectivity index (χ1n) is 7.62. The number of ether oxygens (including phenoxy) is 2. The van der Waals surface area contributed by atoms with Crippen LogP contribution in [0, 0.1) is 11.6 Å². The summed E-state index contributed by atoms with van der Waals surface area (Å²) in [6.45, 7) is 0. The Morgan fingerprint density at radius 3 is 1.38 bits per heavy atom. The van der Waals surface area contributed by atoms with Crippen LogP contribution in [-0.2, 0) is 0 Å². The molecule has 0 aliphatic heterocycles. The van der Waals surface area contributed by atoms with Gasteiger partial charge in [-0.1, -0.05) is 31.9 Å². The first-order valence-corrected chi connectivity index (χ1v) is 9.20. The second-order valence-electron chi connectivity index (χ2n) is 5.47. The van der Waals surface area contributed by atoms with Crippen molar-refractivity contribution < 1.29 is 18.3 Å². The summed E-state index contributed by atoms with van der Waals surface area (Å²) in [6, 6.07) is 12.6. The summed E-state index contributed by atoms with van der Waals surface area (Å²) in [5.74, 6) is -0.236. The van der Waals surface area contributed by atoms with Gasteiger partial charge in [-0.25, -0.2) is 8.78 Å². The third-order valence-corrected chi connectivity index (χ3v) is 4.95. The minimum atomic E-state index is -0.556. The Balaban J connectivity index is 2.42. The molecule has 0 heterocycles. The molecule has 26 heavy (non-hydrogen) atoms. The number of halogens is 4. The molecule has 3 rings (SSSR count). The molecule has 0 spiro atoms. The van der Waals surface area contributed by atoms with E-state index in [1.807, 2.05) is 0 Å². The SMILES string of the molecule is COc1ccc(Br)cc1-c1c(F)ccc(F)c1-c1cc(Br)ccc1OC. The van der Waals surface area contributed by atoms with Gasteiger partial charge in [-0.3, -0.25) is 0 Å². The molecule has 0 N–H and O–H groups in total. The van der Waals surface area contributed by atoms with Crippen LogP contribution in [-0.4, -0.2) is 14.2 Å². The van der Waals surface area contributed by atoms with Crippen LogP contribution in [0.1, 0.15) is 0 Å². The summed E-state index contributed by atoms with van der Waals surface area (Å²) in [7, 11) is 2.98. The maximum absolute atomic E-state index is 14.9. The molecule has 6 heteroatoms. The Morgan fingerprint density at radius 2 is 1.04 bits per heavy atom. The molecule has 0 saturated carbocycles. The first kappa shape index (κ1) is 18.9. The molecule has 2 nitrogen and oxygen atoms in total. The lowest BCUT2D eigenvalue weighted by Crippen LogP contribution is -1.98. The molecule has 0 radical (unpaired) electrons. The highest BCUT2D eigenvalue weighted by Gasteiger charge is 2.23. The molecule has 0 aliphatic carbocycles. The highest BCUT2D eigenvalue weighted by atomic mass is 79.9. The van der Waals surface area contributed by atoms with Crippen LogP contribution >= 0.6 is 31.9 Å². The van der Waals surface area contributed by atoms with Crippen LogP contribution < -0.4 is 9.47 Å². The standard InChI is InChI=1S/C20H14Br2F2O2/c1-25-17-7-3-11(21)9-13(17)19-15(23)5-6-16(24)20(19)14-10-12(22)4-8-18(14)26-2/h3-10H,1-2H3. The Kier molecular flexibility index (Phi) is 5.63. The molecule has 0 aliphatic rings. The van der Waals surface area contributed by atoms with Crippen LogP contribution in [0.3, 0.4) is 0 Å². The summed E-state index contributed by atoms with van der Waals surface area (Å²) in [6.07, 6.45) is 0. The molecule has 134 valence electrons. The van der Waals surface area contributed by atoms with Gasteiger partial charge < -0.3 is 9.47 Å². The Labute approximate surface area is 167 Å². The lowest BCUT2D eigenvalue weighted by Gasteiger charge is -2.17. The van der Waals surface area contributed by atoms with Gasteiger partial charge in [0.2, 0.25) is 0 Å². The average molecular weight is 484 g/mol. The molecule has 0 amide bonds. The maximum Gasteiger partial charge on any atom is 0.132 e. The van der Waals surface area contributed by atoms with Crippen molar-refractivity contribution >= 4 is 31.9 Å². The fourth-order valence-corrected chi connectivity index (χ4v) is 3.55. The van der Waals surface area contributed by atoms with Crippen LogP contribution in [0.2, 0.25) is 0 Å². The molecule has 0 saturated heterocycles. The van der Waals surface area contributed by atoms with Crippen molar-refractivity contribution in [3.8, 4) is 33.8 Å². The third-order valence-electron chi connectivity index (χ3n) is 3.97. The van der Waals surface area contributed by atoms with Gasteiger partial charge in [0.1, 0.15) is 23.1 Å². The number of hydrogen-bond acceptors (Lipinski definition) is 2. The topological polar surface area (TPSA) is 18.5 Å². The normalized spacial score (nSPS) is 10.7. The van der Waals surface area contributed by atoms with Gasteiger partial charge in [0.25, 0.3) is 0 Å². The average Bonchev–Trinajstić information content (AvgIpc) is 2.63. The van der Waals surface area contributed by atoms with E-state index in [4.69, 9.17) is 9.47 Å². The van der Waals surface area contributed by atoms with Crippen molar-refractivity contribution in [1.82, 2.24) is 0 Å². The van der Waals surface area contributed by atoms with Crippen molar-refractivity contribution in [2.45, 2.75) is 0 Å². The zero-order chi connectivity index (χ0) is 18.8. The molecule has 0 fully saturated rings. The Hall–Kier alpha value is -1.92. The molecule has 0 atom stereocenters. The molecular weight excluding hydrogens is 470 g/mol. The number of benzene rings is 3. The highest BCUT2D eigenvalue weighted by molar-refractivity contribution is 9.10. The van der Waals surface area contributed by atoms with E-state index >= 15 is 0 Å². The Bertz CT molecular complexity index is 896. The quantitative estimate of drug-likeness (QED) is 0.404. The van der Waals surface area contributed by atoms with Gasteiger partial charge in [0.05, 0.1) is 14.2 Å². The van der Waals surface area contributed by atoms with Crippen LogP contribution in [0.15, 0.2) is 57.5 Å². The van der Waals surface area contributed by atoms with E-state index in [0.717, 1.165) is 21.1 Å². The van der Waals surface area contributed by atoms with Crippen LogP contribution in [0.25, 0.3) is 22.3 Å². The van der Waals surface area contributed by atoms with E-state index in [0.29, 0.717) is 22.6 Å². The number of hydrogen-bond donors (Lipinski definition) is 0. The van der Waals surface area contributed by atoms with Crippen LogP contribution in [0.5, 0.6) is 11.5 Å². The third kappa shape index (κ3) is 3.48. The minimum Gasteiger partial charge on any atom is -0.496 e. The van der Waals surface area contributed by atoms with E-state index < -0.39 is 11.6 Å². The molecule has 3 aromatic carbocycles. The lowest BCUT2D eigenvalue weighted by molar-refractivity contribution is 0.415. The fourth-order valence-electron chi connectivity index (χ4n) is 2.83. The van der Waals surface area contributed by atoms with E-state index in [1.165, 1.54) is 14.2 Å². The van der Waals surface area contributed by atoms with E-state index in [-0.39, 0.29) is 11.1 Å². The first-order chi connectivity index (χ1) is 12.5.